The van der Waals surface area contributed by atoms with Gasteiger partial charge in [-0.15, -0.1) is 0 Å². The second kappa shape index (κ2) is 6.48. The summed E-state index contributed by atoms with van der Waals surface area (Å²) in [6.07, 6.45) is 6.36. The van der Waals surface area contributed by atoms with Crippen LogP contribution < -0.4 is 11.1 Å². The molecule has 3 N–H and O–H groups in total. The summed E-state index contributed by atoms with van der Waals surface area (Å²) in [7, 11) is 3.31. The van der Waals surface area contributed by atoms with Gasteiger partial charge >= 0.3 is 6.03 Å². The maximum Gasteiger partial charge on any atom is 0.321 e. The van der Waals surface area contributed by atoms with Gasteiger partial charge in [-0.25, -0.2) is 4.79 Å². The third-order valence-electron chi connectivity index (χ3n) is 1.54. The Labute approximate surface area is 90.4 Å². The van der Waals surface area contributed by atoms with Crippen LogP contribution in [0.3, 0.4) is 0 Å². The fourth-order valence-electron chi connectivity index (χ4n) is 0.773. The second-order valence-corrected chi connectivity index (χ2v) is 3.06. The monoisotopic (exact) mass is 207 g/mol. The fraction of sp³-hybridized carbons (Fsp3) is 0.182. The number of hydrogen-bond donors (Lipinski definition) is 2. The Morgan fingerprint density at radius 1 is 1.47 bits per heavy atom. The molecule has 4 heteroatoms. The summed E-state index contributed by atoms with van der Waals surface area (Å²) in [6.45, 7) is 7.30. The Balaban J connectivity index is 4.47. The van der Waals surface area contributed by atoms with Gasteiger partial charge in [0.2, 0.25) is 0 Å². The summed E-state index contributed by atoms with van der Waals surface area (Å²) in [5.41, 5.74) is 6.50. The number of nitrogens with zero attached hydrogens (tertiary/aromatic N) is 1. The molecule has 0 aliphatic carbocycles. The van der Waals surface area contributed by atoms with E-state index in [1.807, 2.05) is 0 Å². The predicted molar refractivity (Wildman–Crippen MR) is 63.0 cm³/mol. The average molecular weight is 207 g/mol. The number of carbonyl (C=O) groups is 1. The molecule has 0 saturated carbocycles. The minimum Gasteiger partial charge on any atom is -0.405 e. The number of allylic oxidation sites excluding steroid dienone is 4. The van der Waals surface area contributed by atoms with Crippen molar-refractivity contribution in [2.24, 2.45) is 5.73 Å². The smallest absolute Gasteiger partial charge is 0.321 e. The van der Waals surface area contributed by atoms with Crippen LogP contribution >= 0.6 is 0 Å². The van der Waals surface area contributed by atoms with Gasteiger partial charge in [0, 0.05) is 19.8 Å². The van der Waals surface area contributed by atoms with Crippen molar-refractivity contribution in [1.29, 1.82) is 0 Å². The van der Waals surface area contributed by atoms with E-state index in [9.17, 15) is 4.79 Å². The Morgan fingerprint density at radius 3 is 2.47 bits per heavy atom. The lowest BCUT2D eigenvalue weighted by molar-refractivity contribution is 0.220. The van der Waals surface area contributed by atoms with Crippen LogP contribution in [-0.4, -0.2) is 25.0 Å². The first kappa shape index (κ1) is 13.0. The summed E-state index contributed by atoms with van der Waals surface area (Å²) in [5.74, 6) is 0. The van der Waals surface area contributed by atoms with Crippen LogP contribution in [-0.2, 0) is 0 Å². The lowest BCUT2D eigenvalue weighted by Crippen LogP contribution is -2.33. The Kier molecular flexibility index (Phi) is 5.63. The molecule has 0 rings (SSSR count). The maximum absolute atomic E-state index is 11.2. The summed E-state index contributed by atoms with van der Waals surface area (Å²) in [6, 6.07) is -0.226. The first-order valence-corrected chi connectivity index (χ1v) is 4.41. The van der Waals surface area contributed by atoms with Crippen molar-refractivity contribution in [2.75, 3.05) is 14.1 Å². The van der Waals surface area contributed by atoms with Crippen LogP contribution in [0.1, 0.15) is 0 Å². The molecular weight excluding hydrogens is 190 g/mol. The van der Waals surface area contributed by atoms with Crippen LogP contribution in [0.5, 0.6) is 0 Å². The van der Waals surface area contributed by atoms with E-state index in [1.54, 1.807) is 32.3 Å². The molecule has 0 radical (unpaired) electrons. The van der Waals surface area contributed by atoms with Crippen LogP contribution in [0.4, 0.5) is 4.79 Å². The topological polar surface area (TPSA) is 58.4 Å². The average Bonchev–Trinajstić information content (AvgIpc) is 2.16. The predicted octanol–water partition coefficient (Wildman–Crippen LogP) is 1.36. The third kappa shape index (κ3) is 5.36. The first-order chi connectivity index (χ1) is 7.01. The number of nitrogens with two attached hydrogens (primary N) is 1. The van der Waals surface area contributed by atoms with E-state index in [0.29, 0.717) is 5.70 Å². The highest BCUT2D eigenvalue weighted by Gasteiger charge is 2.02. The Morgan fingerprint density at radius 2 is 2.07 bits per heavy atom. The van der Waals surface area contributed by atoms with Gasteiger partial charge in [0.05, 0.1) is 0 Å². The van der Waals surface area contributed by atoms with Gasteiger partial charge in [-0.1, -0.05) is 19.2 Å². The Bertz CT molecular complexity index is 314. The second-order valence-electron chi connectivity index (χ2n) is 3.06. The molecule has 4 nitrogen and oxygen atoms in total. The maximum atomic E-state index is 11.2. The highest BCUT2D eigenvalue weighted by molar-refractivity contribution is 5.76. The Hall–Kier alpha value is -1.97. The standard InChI is InChI=1S/C11H17N3O/c1-5-10(6-7-12)8-9(2)13-11(15)14(3)4/h5-8H,1-2,12H2,3-4H3,(H,13,15)/b7-6-,10-8-. The van der Waals surface area contributed by atoms with E-state index in [1.165, 1.54) is 11.1 Å². The molecule has 0 aliphatic heterocycles. The largest absolute Gasteiger partial charge is 0.405 e. The van der Waals surface area contributed by atoms with Crippen molar-refractivity contribution in [3.63, 3.8) is 0 Å². The lowest BCUT2D eigenvalue weighted by atomic mass is 10.2. The van der Waals surface area contributed by atoms with Gasteiger partial charge < -0.3 is 16.0 Å². The number of carbonyl (C=O) groups excluding carboxylic acids is 1. The highest BCUT2D eigenvalue weighted by atomic mass is 16.2. The number of urea groups is 1. The molecule has 0 atom stereocenters. The van der Waals surface area contributed by atoms with Gasteiger partial charge in [-0.05, 0) is 23.9 Å². The van der Waals surface area contributed by atoms with E-state index in [0.717, 1.165) is 5.57 Å². The molecule has 0 saturated heterocycles. The molecule has 0 unspecified atom stereocenters. The van der Waals surface area contributed by atoms with Gasteiger partial charge in [0.15, 0.2) is 0 Å². The van der Waals surface area contributed by atoms with Crippen LogP contribution in [0, 0.1) is 0 Å². The van der Waals surface area contributed by atoms with Crippen molar-refractivity contribution >= 4 is 6.03 Å². The summed E-state index contributed by atoms with van der Waals surface area (Å²) in [5, 5.41) is 2.60. The minimum absolute atomic E-state index is 0.226. The van der Waals surface area contributed by atoms with Gasteiger partial charge in [0.25, 0.3) is 0 Å². The van der Waals surface area contributed by atoms with Gasteiger partial charge in [-0.2, -0.15) is 0 Å². The molecule has 0 spiro atoms. The zero-order valence-electron chi connectivity index (χ0n) is 9.16. The number of rotatable bonds is 4. The van der Waals surface area contributed by atoms with Crippen molar-refractivity contribution in [2.45, 2.75) is 0 Å². The normalized spacial score (nSPS) is 11.2. The molecule has 0 bridgehead atoms. The molecular formula is C11H17N3O. The molecule has 0 fully saturated rings. The zero-order chi connectivity index (χ0) is 11.8. The molecule has 0 aromatic carbocycles. The minimum atomic E-state index is -0.226. The molecule has 0 aliphatic rings. The summed E-state index contributed by atoms with van der Waals surface area (Å²) >= 11 is 0. The number of amides is 2. The highest BCUT2D eigenvalue weighted by Crippen LogP contribution is 2.01. The molecule has 2 amide bonds. The lowest BCUT2D eigenvalue weighted by Gasteiger charge is -2.11. The summed E-state index contributed by atoms with van der Waals surface area (Å²) < 4.78 is 0. The third-order valence-corrected chi connectivity index (χ3v) is 1.54. The molecule has 0 heterocycles. The van der Waals surface area contributed by atoms with Crippen LogP contribution in [0.25, 0.3) is 0 Å². The van der Waals surface area contributed by atoms with Crippen LogP contribution in [0.15, 0.2) is 48.9 Å². The molecule has 15 heavy (non-hydrogen) atoms. The van der Waals surface area contributed by atoms with Crippen molar-refractivity contribution in [1.82, 2.24) is 10.2 Å². The number of hydrogen-bond acceptors (Lipinski definition) is 2. The van der Waals surface area contributed by atoms with E-state index >= 15 is 0 Å². The van der Waals surface area contributed by atoms with E-state index in [4.69, 9.17) is 5.73 Å². The van der Waals surface area contributed by atoms with Crippen LogP contribution in [0.2, 0.25) is 0 Å². The van der Waals surface area contributed by atoms with E-state index in [2.05, 4.69) is 18.5 Å². The SMILES string of the molecule is C=CC(/C=C\N)=C/C(=C)NC(=O)N(C)C. The zero-order valence-corrected chi connectivity index (χ0v) is 9.16. The van der Waals surface area contributed by atoms with Crippen molar-refractivity contribution < 1.29 is 4.79 Å². The van der Waals surface area contributed by atoms with E-state index < -0.39 is 0 Å². The van der Waals surface area contributed by atoms with E-state index in [-0.39, 0.29) is 6.03 Å². The number of nitrogens with one attached hydrogen (secondary N) is 1. The van der Waals surface area contributed by atoms with Crippen molar-refractivity contribution in [3.05, 3.63) is 48.9 Å². The quantitative estimate of drug-likeness (QED) is 0.684. The van der Waals surface area contributed by atoms with Gasteiger partial charge in [-0.3, -0.25) is 0 Å². The van der Waals surface area contributed by atoms with Crippen molar-refractivity contribution in [3.8, 4) is 0 Å². The fourth-order valence-corrected chi connectivity index (χ4v) is 0.773. The summed E-state index contributed by atoms with van der Waals surface area (Å²) in [4.78, 5) is 12.7. The molecule has 0 aromatic heterocycles. The molecule has 82 valence electrons. The first-order valence-electron chi connectivity index (χ1n) is 4.41. The molecule has 0 aromatic rings. The van der Waals surface area contributed by atoms with Gasteiger partial charge in [0.1, 0.15) is 0 Å².